The monoisotopic (exact) mass is 394 g/mol. The summed E-state index contributed by atoms with van der Waals surface area (Å²) in [5.41, 5.74) is 0. The average Bonchev–Trinajstić information content (AvgIpc) is 1.41. The molecule has 0 fully saturated rings. The van der Waals surface area contributed by atoms with Gasteiger partial charge in [-0.05, 0) is 0 Å². The summed E-state index contributed by atoms with van der Waals surface area (Å²) in [6, 6.07) is 0. The molecule has 0 heterocycles. The minimum absolute atomic E-state index is 0. The van der Waals surface area contributed by atoms with Crippen LogP contribution in [0.2, 0.25) is 0 Å². The van der Waals surface area contributed by atoms with Gasteiger partial charge < -0.3 is 33.0 Å². The van der Waals surface area contributed by atoms with Crippen LogP contribution in [0.15, 0.2) is 0 Å². The summed E-state index contributed by atoms with van der Waals surface area (Å²) >= 11 is 0. The molecule has 0 saturated carbocycles. The van der Waals surface area contributed by atoms with Crippen molar-refractivity contribution in [1.82, 2.24) is 0 Å². The SMILES string of the molecule is O=S(=O)([O-])[O-].O=S(=O)([O-])[O-].O=S(=O)([O-])[O-].[Al+3].[Al+3].[H-].[H-].[H-].[H-].[Mg+2].[Mg+2]. The van der Waals surface area contributed by atoms with Gasteiger partial charge in [0, 0.05) is 31.2 Å². The quantitative estimate of drug-likeness (QED) is 0.213. The molecule has 19 heteroatoms. The van der Waals surface area contributed by atoms with Gasteiger partial charge in [-0.1, -0.05) is 0 Å². The molecule has 0 unspecified atom stereocenters. The number of hydrogen-bond acceptors (Lipinski definition) is 12. The van der Waals surface area contributed by atoms with Crippen LogP contribution < -0.4 is 0 Å². The molecule has 0 spiro atoms. The summed E-state index contributed by atoms with van der Waals surface area (Å²) in [4.78, 5) is 0. The van der Waals surface area contributed by atoms with Crippen LogP contribution in [0.4, 0.5) is 0 Å². The molecule has 19 heavy (non-hydrogen) atoms. The Bertz CT molecular complexity index is 365. The minimum atomic E-state index is -5.17. The second kappa shape index (κ2) is 18.3. The van der Waals surface area contributed by atoms with E-state index in [0.29, 0.717) is 0 Å². The van der Waals surface area contributed by atoms with Crippen molar-refractivity contribution in [3.05, 3.63) is 0 Å². The molecule has 0 rings (SSSR count). The maximum absolute atomic E-state index is 8.52. The summed E-state index contributed by atoms with van der Waals surface area (Å²) in [6.45, 7) is 0. The van der Waals surface area contributed by atoms with Gasteiger partial charge in [0.1, 0.15) is 0 Å². The molecule has 0 aliphatic carbocycles. The molecule has 12 nitrogen and oxygen atoms in total. The van der Waals surface area contributed by atoms with Crippen molar-refractivity contribution in [2.45, 2.75) is 0 Å². The van der Waals surface area contributed by atoms with Gasteiger partial charge in [-0.3, -0.25) is 25.3 Å². The van der Waals surface area contributed by atoms with E-state index in [1.165, 1.54) is 0 Å². The summed E-state index contributed by atoms with van der Waals surface area (Å²) in [6.07, 6.45) is 0. The molecule has 0 bridgehead atoms. The third kappa shape index (κ3) is 1370. The Morgan fingerprint density at radius 2 is 0.474 bits per heavy atom. The van der Waals surface area contributed by atoms with E-state index < -0.39 is 31.2 Å². The molecule has 0 aliphatic heterocycles. The molecule has 0 aromatic rings. The van der Waals surface area contributed by atoms with Crippen LogP contribution in [-0.4, -0.2) is 133 Å². The summed E-state index contributed by atoms with van der Waals surface area (Å²) in [7, 11) is -15.5. The van der Waals surface area contributed by atoms with Crippen molar-refractivity contribution in [2.24, 2.45) is 0 Å². The predicted octanol–water partition coefficient (Wildman–Crippen LogP) is -5.09. The zero-order valence-corrected chi connectivity index (χ0v) is 16.3. The summed E-state index contributed by atoms with van der Waals surface area (Å²) in [5, 5.41) is 0. The van der Waals surface area contributed by atoms with Crippen molar-refractivity contribution in [3.8, 4) is 0 Å². The Morgan fingerprint density at radius 1 is 0.474 bits per heavy atom. The Hall–Kier alpha value is 2.21. The molecule has 0 aromatic heterocycles. The van der Waals surface area contributed by atoms with Gasteiger partial charge in [0.2, 0.25) is 0 Å². The van der Waals surface area contributed by atoms with E-state index in [1.54, 1.807) is 0 Å². The van der Waals surface area contributed by atoms with E-state index in [-0.39, 0.29) is 86.5 Å². The number of hydrogen-bond donors (Lipinski definition) is 0. The zero-order chi connectivity index (χ0) is 13.5. The first-order valence-corrected chi connectivity index (χ1v) is 6.00. The summed E-state index contributed by atoms with van der Waals surface area (Å²) < 4.78 is 102. The third-order valence-electron chi connectivity index (χ3n) is 0. The molecule has 0 N–H and O–H groups in total. The van der Waals surface area contributed by atoms with E-state index in [0.717, 1.165) is 0 Å². The van der Waals surface area contributed by atoms with Crippen LogP contribution in [0.1, 0.15) is 5.71 Å². The van der Waals surface area contributed by atoms with Crippen LogP contribution in [0.25, 0.3) is 0 Å². The van der Waals surface area contributed by atoms with Crippen LogP contribution in [-0.2, 0) is 31.2 Å². The Kier molecular flexibility index (Phi) is 41.2. The molecule has 0 amide bonds. The van der Waals surface area contributed by atoms with Crippen LogP contribution >= 0.6 is 0 Å². The van der Waals surface area contributed by atoms with Crippen molar-refractivity contribution in [1.29, 1.82) is 0 Å². The molecule has 0 atom stereocenters. The topological polar surface area (TPSA) is 241 Å². The average molecular weight is 395 g/mol. The van der Waals surface area contributed by atoms with Gasteiger partial charge in [0.15, 0.2) is 0 Å². The normalized spacial score (nSPS) is 9.16. The second-order valence-electron chi connectivity index (χ2n) is 1.22. The van der Waals surface area contributed by atoms with Crippen molar-refractivity contribution in [2.75, 3.05) is 0 Å². The van der Waals surface area contributed by atoms with Crippen LogP contribution in [0, 0.1) is 0 Å². The van der Waals surface area contributed by atoms with Crippen molar-refractivity contribution in [3.63, 3.8) is 0 Å². The fraction of sp³-hybridized carbons (Fsp3) is 0. The zero-order valence-electron chi connectivity index (χ0n) is 12.7. The Morgan fingerprint density at radius 3 is 0.474 bits per heavy atom. The minimum Gasteiger partial charge on any atom is -1.00 e. The molecule has 0 aromatic carbocycles. The Labute approximate surface area is 169 Å². The Balaban J connectivity index is -0.00000000889. The van der Waals surface area contributed by atoms with Crippen molar-refractivity contribution < 1.29 is 58.3 Å². The van der Waals surface area contributed by atoms with Gasteiger partial charge in [-0.25, -0.2) is 0 Å². The van der Waals surface area contributed by atoms with Gasteiger partial charge in [-0.15, -0.1) is 0 Å². The van der Waals surface area contributed by atoms with E-state index in [2.05, 4.69) is 0 Å². The maximum atomic E-state index is 8.52. The fourth-order valence-electron chi connectivity index (χ4n) is 0. The van der Waals surface area contributed by atoms with Crippen molar-refractivity contribution >= 4 is 112 Å². The molecule has 104 valence electrons. The van der Waals surface area contributed by atoms with Gasteiger partial charge in [0.25, 0.3) is 0 Å². The summed E-state index contributed by atoms with van der Waals surface area (Å²) in [5.74, 6) is 0. The van der Waals surface area contributed by atoms with E-state index in [9.17, 15) is 0 Å². The van der Waals surface area contributed by atoms with Crippen LogP contribution in [0.3, 0.4) is 0 Å². The largest absolute Gasteiger partial charge is 3.00 e. The molecule has 0 aliphatic rings. The third-order valence-corrected chi connectivity index (χ3v) is 0. The van der Waals surface area contributed by atoms with E-state index >= 15 is 0 Å². The number of rotatable bonds is 0. The van der Waals surface area contributed by atoms with Gasteiger partial charge in [0.05, 0.1) is 0 Å². The first-order chi connectivity index (χ1) is 6.00. The van der Waals surface area contributed by atoms with Gasteiger partial charge in [-0.2, -0.15) is 0 Å². The molecule has 0 radical (unpaired) electrons. The molecular formula is H4Al2Mg2O12S3. The molecular weight excluding hydrogens is 391 g/mol. The fourth-order valence-corrected chi connectivity index (χ4v) is 0. The predicted molar refractivity (Wildman–Crippen MR) is 58.9 cm³/mol. The first kappa shape index (κ1) is 42.9. The van der Waals surface area contributed by atoms with E-state index in [1.807, 2.05) is 0 Å². The van der Waals surface area contributed by atoms with Gasteiger partial charge >= 0.3 is 80.8 Å². The standard InChI is InChI=1S/2Al.2Mg.3H2O4S.4H/c;;;;3*1-5(2,3)4;;;;/h;;;;3*(H2,1,2,3,4);;;;/q2*+3;2*+2;;;;4*-1/p-6. The first-order valence-electron chi connectivity index (χ1n) is 2.00. The smallest absolute Gasteiger partial charge is 1.00 e. The van der Waals surface area contributed by atoms with E-state index in [4.69, 9.17) is 52.6 Å². The second-order valence-corrected chi connectivity index (χ2v) is 3.67. The maximum Gasteiger partial charge on any atom is 3.00 e. The molecule has 0 saturated heterocycles. The van der Waals surface area contributed by atoms with Crippen LogP contribution in [0.5, 0.6) is 0 Å².